The summed E-state index contributed by atoms with van der Waals surface area (Å²) in [7, 11) is 1.57. The molecule has 5 nitrogen and oxygen atoms in total. The lowest BCUT2D eigenvalue weighted by molar-refractivity contribution is 0.0698. The van der Waals surface area contributed by atoms with Crippen molar-refractivity contribution < 1.29 is 19.1 Å². The van der Waals surface area contributed by atoms with Gasteiger partial charge in [0.05, 0.1) is 11.3 Å². The van der Waals surface area contributed by atoms with Crippen molar-refractivity contribution >= 4 is 17.7 Å². The van der Waals surface area contributed by atoms with E-state index in [2.05, 4.69) is 5.32 Å². The van der Waals surface area contributed by atoms with Crippen molar-refractivity contribution in [2.75, 3.05) is 12.4 Å². The summed E-state index contributed by atoms with van der Waals surface area (Å²) < 4.78 is 13.1. The van der Waals surface area contributed by atoms with E-state index in [0.29, 0.717) is 0 Å². The fourth-order valence-electron chi connectivity index (χ4n) is 1.24. The van der Waals surface area contributed by atoms with E-state index in [9.17, 15) is 14.0 Å². The number of aromatic carboxylic acids is 1. The molecule has 0 aliphatic rings. The average molecular weight is 254 g/mol. The Morgan fingerprint density at radius 2 is 2.00 bits per heavy atom. The predicted molar refractivity (Wildman–Crippen MR) is 65.3 cm³/mol. The van der Waals surface area contributed by atoms with Crippen LogP contribution < -0.4 is 5.32 Å². The first-order chi connectivity index (χ1) is 8.32. The van der Waals surface area contributed by atoms with Crippen LogP contribution in [0, 0.1) is 5.82 Å². The van der Waals surface area contributed by atoms with Gasteiger partial charge in [-0.3, -0.25) is 0 Å². The van der Waals surface area contributed by atoms with Gasteiger partial charge in [0.25, 0.3) is 0 Å². The van der Waals surface area contributed by atoms with Crippen molar-refractivity contribution in [3.63, 3.8) is 0 Å². The first-order valence-corrected chi connectivity index (χ1v) is 5.39. The van der Waals surface area contributed by atoms with Crippen molar-refractivity contribution in [2.45, 2.75) is 19.9 Å². The smallest absolute Gasteiger partial charge is 0.337 e. The molecule has 1 rings (SSSR count). The highest BCUT2D eigenvalue weighted by Gasteiger charge is 2.16. The van der Waals surface area contributed by atoms with Gasteiger partial charge in [-0.2, -0.15) is 0 Å². The molecule has 0 fully saturated rings. The van der Waals surface area contributed by atoms with Gasteiger partial charge in [-0.05, 0) is 32.0 Å². The molecule has 0 bridgehead atoms. The minimum Gasteiger partial charge on any atom is -0.478 e. The SMILES string of the molecule is CC(C)N(C)C(=O)Nc1cc(F)ccc1C(=O)O. The number of hydrogen-bond donors (Lipinski definition) is 2. The number of anilines is 1. The van der Waals surface area contributed by atoms with Crippen LogP contribution in [-0.4, -0.2) is 35.1 Å². The summed E-state index contributed by atoms with van der Waals surface area (Å²) in [6.07, 6.45) is 0. The van der Waals surface area contributed by atoms with Crippen molar-refractivity contribution in [1.29, 1.82) is 0 Å². The molecule has 98 valence electrons. The summed E-state index contributed by atoms with van der Waals surface area (Å²) in [5.74, 6) is -1.83. The van der Waals surface area contributed by atoms with E-state index < -0.39 is 17.8 Å². The first-order valence-electron chi connectivity index (χ1n) is 5.39. The maximum atomic E-state index is 13.1. The van der Waals surface area contributed by atoms with Gasteiger partial charge in [0.2, 0.25) is 0 Å². The van der Waals surface area contributed by atoms with Crippen molar-refractivity contribution in [3.8, 4) is 0 Å². The van der Waals surface area contributed by atoms with Crippen molar-refractivity contribution in [1.82, 2.24) is 4.90 Å². The fourth-order valence-corrected chi connectivity index (χ4v) is 1.24. The molecule has 0 spiro atoms. The molecule has 1 aromatic rings. The van der Waals surface area contributed by atoms with E-state index in [1.165, 1.54) is 4.90 Å². The number of urea groups is 1. The molecule has 0 heterocycles. The number of carboxylic acid groups (broad SMARTS) is 1. The molecule has 2 amide bonds. The lowest BCUT2D eigenvalue weighted by Crippen LogP contribution is -2.36. The van der Waals surface area contributed by atoms with E-state index in [1.807, 2.05) is 13.8 Å². The monoisotopic (exact) mass is 254 g/mol. The molecule has 18 heavy (non-hydrogen) atoms. The fraction of sp³-hybridized carbons (Fsp3) is 0.333. The van der Waals surface area contributed by atoms with E-state index in [-0.39, 0.29) is 17.3 Å². The molecular weight excluding hydrogens is 239 g/mol. The Morgan fingerprint density at radius 1 is 1.39 bits per heavy atom. The Labute approximate surface area is 104 Å². The summed E-state index contributed by atoms with van der Waals surface area (Å²) in [4.78, 5) is 24.1. The molecule has 0 radical (unpaired) electrons. The van der Waals surface area contributed by atoms with Gasteiger partial charge in [0.1, 0.15) is 5.82 Å². The van der Waals surface area contributed by atoms with Gasteiger partial charge >= 0.3 is 12.0 Å². The number of hydrogen-bond acceptors (Lipinski definition) is 2. The van der Waals surface area contributed by atoms with Crippen LogP contribution in [0.4, 0.5) is 14.9 Å². The van der Waals surface area contributed by atoms with Crippen LogP contribution in [0.15, 0.2) is 18.2 Å². The highest BCUT2D eigenvalue weighted by atomic mass is 19.1. The highest BCUT2D eigenvalue weighted by Crippen LogP contribution is 2.18. The predicted octanol–water partition coefficient (Wildman–Crippen LogP) is 2.40. The number of benzene rings is 1. The Kier molecular flexibility index (Phi) is 4.25. The normalized spacial score (nSPS) is 10.3. The summed E-state index contributed by atoms with van der Waals surface area (Å²) in [6.45, 7) is 3.62. The Morgan fingerprint density at radius 3 is 2.50 bits per heavy atom. The van der Waals surface area contributed by atoms with Gasteiger partial charge in [0, 0.05) is 13.1 Å². The molecule has 0 aromatic heterocycles. The van der Waals surface area contributed by atoms with Gasteiger partial charge in [0.15, 0.2) is 0 Å². The van der Waals surface area contributed by atoms with E-state index in [0.717, 1.165) is 18.2 Å². The van der Waals surface area contributed by atoms with Crippen LogP contribution in [-0.2, 0) is 0 Å². The zero-order valence-corrected chi connectivity index (χ0v) is 10.4. The van der Waals surface area contributed by atoms with Crippen LogP contribution in [0.25, 0.3) is 0 Å². The minimum atomic E-state index is -1.22. The zero-order valence-electron chi connectivity index (χ0n) is 10.4. The third-order valence-corrected chi connectivity index (χ3v) is 2.55. The molecular formula is C12H15FN2O3. The topological polar surface area (TPSA) is 69.6 Å². The summed E-state index contributed by atoms with van der Waals surface area (Å²) in [5.41, 5.74) is -0.207. The molecule has 0 atom stereocenters. The molecule has 0 aliphatic carbocycles. The molecule has 2 N–H and O–H groups in total. The third-order valence-electron chi connectivity index (χ3n) is 2.55. The van der Waals surface area contributed by atoms with Crippen LogP contribution in [0.3, 0.4) is 0 Å². The number of carbonyl (C=O) groups excluding carboxylic acids is 1. The second-order valence-corrected chi connectivity index (χ2v) is 4.13. The summed E-state index contributed by atoms with van der Waals surface area (Å²) >= 11 is 0. The maximum absolute atomic E-state index is 13.1. The van der Waals surface area contributed by atoms with Gasteiger partial charge in [-0.1, -0.05) is 0 Å². The standard InChI is InChI=1S/C12H15FN2O3/c1-7(2)15(3)12(18)14-10-6-8(13)4-5-9(10)11(16)17/h4-7H,1-3H3,(H,14,18)(H,16,17). The number of rotatable bonds is 3. The first kappa shape index (κ1) is 14.0. The highest BCUT2D eigenvalue weighted by molar-refractivity contribution is 5.99. The molecule has 1 aromatic carbocycles. The van der Waals surface area contributed by atoms with Crippen LogP contribution >= 0.6 is 0 Å². The van der Waals surface area contributed by atoms with Crippen LogP contribution in [0.5, 0.6) is 0 Å². The number of nitrogens with zero attached hydrogens (tertiary/aromatic N) is 1. The number of carboxylic acids is 1. The van der Waals surface area contributed by atoms with Crippen LogP contribution in [0.2, 0.25) is 0 Å². The Hall–Kier alpha value is -2.11. The second kappa shape index (κ2) is 5.48. The van der Waals surface area contributed by atoms with Gasteiger partial charge < -0.3 is 15.3 Å². The van der Waals surface area contributed by atoms with Crippen molar-refractivity contribution in [2.24, 2.45) is 0 Å². The van der Waals surface area contributed by atoms with E-state index >= 15 is 0 Å². The molecule has 0 saturated carbocycles. The Balaban J connectivity index is 2.99. The molecule has 0 aliphatic heterocycles. The summed E-state index contributed by atoms with van der Waals surface area (Å²) in [6, 6.07) is 2.59. The van der Waals surface area contributed by atoms with E-state index in [4.69, 9.17) is 5.11 Å². The lowest BCUT2D eigenvalue weighted by atomic mass is 10.1. The van der Waals surface area contributed by atoms with Gasteiger partial charge in [-0.25, -0.2) is 14.0 Å². The summed E-state index contributed by atoms with van der Waals surface area (Å²) in [5, 5.41) is 11.3. The quantitative estimate of drug-likeness (QED) is 0.870. The molecule has 0 unspecified atom stereocenters. The number of halogens is 1. The number of carbonyl (C=O) groups is 2. The van der Waals surface area contributed by atoms with Gasteiger partial charge in [-0.15, -0.1) is 0 Å². The third kappa shape index (κ3) is 3.19. The van der Waals surface area contributed by atoms with Crippen molar-refractivity contribution in [3.05, 3.63) is 29.6 Å². The average Bonchev–Trinajstić information content (AvgIpc) is 2.27. The molecule has 0 saturated heterocycles. The number of amides is 2. The minimum absolute atomic E-state index is 0.0492. The maximum Gasteiger partial charge on any atom is 0.337 e. The van der Waals surface area contributed by atoms with E-state index in [1.54, 1.807) is 7.05 Å². The lowest BCUT2D eigenvalue weighted by Gasteiger charge is -2.22. The zero-order chi connectivity index (χ0) is 13.9. The largest absolute Gasteiger partial charge is 0.478 e. The Bertz CT molecular complexity index is 474. The number of nitrogens with one attached hydrogen (secondary N) is 1. The van der Waals surface area contributed by atoms with Crippen LogP contribution in [0.1, 0.15) is 24.2 Å². The second-order valence-electron chi connectivity index (χ2n) is 4.13. The molecule has 6 heteroatoms.